The second-order valence-corrected chi connectivity index (χ2v) is 5.78. The Bertz CT molecular complexity index is 394. The zero-order valence-electron chi connectivity index (χ0n) is 11.1. The molecule has 0 spiro atoms. The molecule has 1 aliphatic heterocycles. The van der Waals surface area contributed by atoms with Crippen molar-refractivity contribution in [1.82, 2.24) is 15.1 Å². The number of nitrogens with one attached hydrogen (secondary N) is 1. The average Bonchev–Trinajstić information content (AvgIpc) is 3.00. The molecule has 18 heavy (non-hydrogen) atoms. The van der Waals surface area contributed by atoms with Crippen LogP contribution in [0.15, 0.2) is 6.07 Å². The van der Waals surface area contributed by atoms with Crippen LogP contribution in [-0.2, 0) is 13.0 Å². The van der Waals surface area contributed by atoms with Gasteiger partial charge in [-0.2, -0.15) is 5.10 Å². The molecule has 3 atom stereocenters. The van der Waals surface area contributed by atoms with E-state index in [1.807, 2.05) is 0 Å². The van der Waals surface area contributed by atoms with Gasteiger partial charge in [0.1, 0.15) is 0 Å². The predicted octanol–water partition coefficient (Wildman–Crippen LogP) is 1.64. The highest BCUT2D eigenvalue weighted by Gasteiger charge is 2.25. The second kappa shape index (κ2) is 5.02. The Morgan fingerprint density at radius 3 is 3.11 bits per heavy atom. The summed E-state index contributed by atoms with van der Waals surface area (Å²) < 4.78 is 2.14. The monoisotopic (exact) mass is 249 g/mol. The topological polar surface area (TPSA) is 50.1 Å². The first kappa shape index (κ1) is 12.2. The summed E-state index contributed by atoms with van der Waals surface area (Å²) in [7, 11) is 0. The summed E-state index contributed by atoms with van der Waals surface area (Å²) in [6.45, 7) is 4.15. The Labute approximate surface area is 108 Å². The molecule has 2 heterocycles. The van der Waals surface area contributed by atoms with Crippen molar-refractivity contribution in [2.45, 2.75) is 57.7 Å². The van der Waals surface area contributed by atoms with Gasteiger partial charge in [0.05, 0.1) is 11.8 Å². The molecule has 100 valence electrons. The van der Waals surface area contributed by atoms with Crippen molar-refractivity contribution in [3.05, 3.63) is 17.5 Å². The van der Waals surface area contributed by atoms with Gasteiger partial charge in [-0.05, 0) is 44.6 Å². The molecule has 2 aliphatic rings. The van der Waals surface area contributed by atoms with Gasteiger partial charge < -0.3 is 10.4 Å². The highest BCUT2D eigenvalue weighted by molar-refractivity contribution is 5.15. The summed E-state index contributed by atoms with van der Waals surface area (Å²) in [6.07, 6.45) is 5.59. The SMILES string of the molecule is CC(NC[C@@H]1CCC[C@H]1O)c1cc2n(n1)CCC2. The Balaban J connectivity index is 1.55. The predicted molar refractivity (Wildman–Crippen MR) is 70.3 cm³/mol. The zero-order valence-corrected chi connectivity index (χ0v) is 11.1. The first-order valence-corrected chi connectivity index (χ1v) is 7.22. The van der Waals surface area contributed by atoms with Crippen LogP contribution in [0.4, 0.5) is 0 Å². The number of rotatable bonds is 4. The van der Waals surface area contributed by atoms with E-state index >= 15 is 0 Å². The number of aryl methyl sites for hydroxylation is 2. The van der Waals surface area contributed by atoms with E-state index in [1.54, 1.807) is 0 Å². The fraction of sp³-hybridized carbons (Fsp3) is 0.786. The maximum atomic E-state index is 9.81. The molecule has 1 unspecified atom stereocenters. The third kappa shape index (κ3) is 2.31. The first-order valence-electron chi connectivity index (χ1n) is 7.22. The third-order valence-corrected chi connectivity index (χ3v) is 4.43. The Kier molecular flexibility index (Phi) is 3.39. The van der Waals surface area contributed by atoms with Gasteiger partial charge >= 0.3 is 0 Å². The molecule has 1 saturated carbocycles. The van der Waals surface area contributed by atoms with Gasteiger partial charge in [-0.15, -0.1) is 0 Å². The van der Waals surface area contributed by atoms with Gasteiger partial charge in [-0.25, -0.2) is 0 Å². The molecule has 2 N–H and O–H groups in total. The van der Waals surface area contributed by atoms with Crippen molar-refractivity contribution in [1.29, 1.82) is 0 Å². The molecular weight excluding hydrogens is 226 g/mol. The smallest absolute Gasteiger partial charge is 0.0794 e. The lowest BCUT2D eigenvalue weighted by atomic mass is 10.1. The van der Waals surface area contributed by atoms with Gasteiger partial charge in [-0.3, -0.25) is 4.68 Å². The van der Waals surface area contributed by atoms with E-state index < -0.39 is 0 Å². The molecular formula is C14H23N3O. The van der Waals surface area contributed by atoms with Gasteiger partial charge in [0, 0.05) is 24.8 Å². The molecule has 1 fully saturated rings. The molecule has 4 nitrogen and oxygen atoms in total. The summed E-state index contributed by atoms with van der Waals surface area (Å²) in [6, 6.07) is 2.52. The van der Waals surface area contributed by atoms with Crippen molar-refractivity contribution in [3.63, 3.8) is 0 Å². The Hall–Kier alpha value is -0.870. The number of nitrogens with zero attached hydrogens (tertiary/aromatic N) is 2. The number of aliphatic hydroxyl groups excluding tert-OH is 1. The summed E-state index contributed by atoms with van der Waals surface area (Å²) >= 11 is 0. The standard InChI is InChI=1S/C14H23N3O/c1-10(15-9-11-4-2-6-14(11)18)13-8-12-5-3-7-17(12)16-13/h8,10-11,14-15,18H,2-7,9H2,1H3/t10?,11-,14+/m0/s1. The molecule has 0 aromatic carbocycles. The molecule has 1 aromatic rings. The molecule has 1 aromatic heterocycles. The third-order valence-electron chi connectivity index (χ3n) is 4.43. The molecule has 0 saturated heterocycles. The lowest BCUT2D eigenvalue weighted by molar-refractivity contribution is 0.130. The normalized spacial score (nSPS) is 28.6. The Morgan fingerprint density at radius 2 is 2.39 bits per heavy atom. The van der Waals surface area contributed by atoms with Crippen molar-refractivity contribution in [3.8, 4) is 0 Å². The van der Waals surface area contributed by atoms with Crippen LogP contribution in [0.5, 0.6) is 0 Å². The maximum absolute atomic E-state index is 9.81. The number of aromatic nitrogens is 2. The molecule has 4 heteroatoms. The van der Waals surface area contributed by atoms with Crippen LogP contribution in [0, 0.1) is 5.92 Å². The first-order chi connectivity index (χ1) is 8.74. The van der Waals surface area contributed by atoms with Crippen molar-refractivity contribution < 1.29 is 5.11 Å². The summed E-state index contributed by atoms with van der Waals surface area (Å²) in [5, 5.41) is 18.0. The van der Waals surface area contributed by atoms with Gasteiger partial charge in [-0.1, -0.05) is 6.42 Å². The van der Waals surface area contributed by atoms with Gasteiger partial charge in [0.2, 0.25) is 0 Å². The second-order valence-electron chi connectivity index (χ2n) is 5.78. The quantitative estimate of drug-likeness (QED) is 0.853. The summed E-state index contributed by atoms with van der Waals surface area (Å²) in [5.41, 5.74) is 2.52. The minimum absolute atomic E-state index is 0.100. The molecule has 0 bridgehead atoms. The van der Waals surface area contributed by atoms with Crippen LogP contribution < -0.4 is 5.32 Å². The van der Waals surface area contributed by atoms with E-state index in [9.17, 15) is 5.11 Å². The number of hydrogen-bond acceptors (Lipinski definition) is 3. The number of fused-ring (bicyclic) bond motifs is 1. The highest BCUT2D eigenvalue weighted by atomic mass is 16.3. The fourth-order valence-corrected chi connectivity index (χ4v) is 3.18. The molecule has 0 radical (unpaired) electrons. The zero-order chi connectivity index (χ0) is 12.5. The highest BCUT2D eigenvalue weighted by Crippen LogP contribution is 2.26. The van der Waals surface area contributed by atoms with Crippen molar-refractivity contribution in [2.75, 3.05) is 6.54 Å². The maximum Gasteiger partial charge on any atom is 0.0794 e. The van der Waals surface area contributed by atoms with Crippen molar-refractivity contribution >= 4 is 0 Å². The van der Waals surface area contributed by atoms with E-state index in [1.165, 1.54) is 25.0 Å². The minimum atomic E-state index is -0.100. The van der Waals surface area contributed by atoms with Crippen LogP contribution in [0.1, 0.15) is 50.0 Å². The van der Waals surface area contributed by atoms with Crippen LogP contribution >= 0.6 is 0 Å². The van der Waals surface area contributed by atoms with Crippen LogP contribution in [0.3, 0.4) is 0 Å². The van der Waals surface area contributed by atoms with Crippen LogP contribution in [0.2, 0.25) is 0 Å². The molecule has 0 amide bonds. The van der Waals surface area contributed by atoms with Gasteiger partial charge in [0.15, 0.2) is 0 Å². The lowest BCUT2D eigenvalue weighted by Crippen LogP contribution is -2.30. The minimum Gasteiger partial charge on any atom is -0.393 e. The number of hydrogen-bond donors (Lipinski definition) is 2. The van der Waals surface area contributed by atoms with E-state index in [0.717, 1.165) is 31.6 Å². The Morgan fingerprint density at radius 1 is 1.50 bits per heavy atom. The van der Waals surface area contributed by atoms with Crippen LogP contribution in [0.25, 0.3) is 0 Å². The largest absolute Gasteiger partial charge is 0.393 e. The fourth-order valence-electron chi connectivity index (χ4n) is 3.18. The van der Waals surface area contributed by atoms with E-state index in [2.05, 4.69) is 28.1 Å². The van der Waals surface area contributed by atoms with E-state index in [-0.39, 0.29) is 12.1 Å². The molecule has 3 rings (SSSR count). The van der Waals surface area contributed by atoms with Gasteiger partial charge in [0.25, 0.3) is 0 Å². The summed E-state index contributed by atoms with van der Waals surface area (Å²) in [5.74, 6) is 0.432. The van der Waals surface area contributed by atoms with E-state index in [0.29, 0.717) is 5.92 Å². The average molecular weight is 249 g/mol. The van der Waals surface area contributed by atoms with E-state index in [4.69, 9.17) is 0 Å². The van der Waals surface area contributed by atoms with Crippen LogP contribution in [-0.4, -0.2) is 27.5 Å². The number of aliphatic hydroxyl groups is 1. The van der Waals surface area contributed by atoms with Crippen molar-refractivity contribution in [2.24, 2.45) is 5.92 Å². The lowest BCUT2D eigenvalue weighted by Gasteiger charge is -2.18. The summed E-state index contributed by atoms with van der Waals surface area (Å²) in [4.78, 5) is 0. The molecule has 1 aliphatic carbocycles.